The van der Waals surface area contributed by atoms with E-state index in [1.165, 1.54) is 17.4 Å². The summed E-state index contributed by atoms with van der Waals surface area (Å²) in [6, 6.07) is 5.71. The molecule has 0 saturated carbocycles. The molecule has 0 aliphatic heterocycles. The van der Waals surface area contributed by atoms with Crippen LogP contribution < -0.4 is 10.1 Å². The van der Waals surface area contributed by atoms with Gasteiger partial charge in [-0.25, -0.2) is 14.8 Å². The second-order valence-corrected chi connectivity index (χ2v) is 9.30. The number of nitrogens with one attached hydrogen (secondary N) is 1. The lowest BCUT2D eigenvalue weighted by Gasteiger charge is -2.28. The SMILES string of the molecule is Cc1nc(-c2ccc(OC[C@@H](C)CC(C)(C)NC(=O)O)c(C(F)(F)F)c2)c2ccsc2n1. The number of aryl methyl sites for hydroxylation is 1. The molecule has 2 aromatic heterocycles. The van der Waals surface area contributed by atoms with E-state index in [9.17, 15) is 18.0 Å². The van der Waals surface area contributed by atoms with Crippen molar-refractivity contribution in [1.82, 2.24) is 15.3 Å². The Balaban J connectivity index is 1.86. The normalized spacial score (nSPS) is 13.2. The fourth-order valence-electron chi connectivity index (χ4n) is 3.71. The summed E-state index contributed by atoms with van der Waals surface area (Å²) in [4.78, 5) is 20.3. The Bertz CT molecular complexity index is 1130. The molecule has 0 spiro atoms. The van der Waals surface area contributed by atoms with Gasteiger partial charge in [-0.2, -0.15) is 13.2 Å². The minimum atomic E-state index is -4.62. The molecule has 0 saturated heterocycles. The van der Waals surface area contributed by atoms with Crippen LogP contribution in [0.15, 0.2) is 29.6 Å². The first-order valence-corrected chi connectivity index (χ1v) is 10.8. The number of thiophene rings is 1. The summed E-state index contributed by atoms with van der Waals surface area (Å²) in [5.41, 5.74) is -0.842. The van der Waals surface area contributed by atoms with Crippen LogP contribution in [0, 0.1) is 12.8 Å². The van der Waals surface area contributed by atoms with E-state index in [0.717, 1.165) is 6.07 Å². The molecular formula is C22H24F3N3O3S. The van der Waals surface area contributed by atoms with Crippen LogP contribution in [0.4, 0.5) is 18.0 Å². The lowest BCUT2D eigenvalue weighted by Crippen LogP contribution is -2.44. The molecule has 1 atom stereocenters. The maximum Gasteiger partial charge on any atom is 0.419 e. The number of amides is 1. The fraction of sp³-hybridized carbons (Fsp3) is 0.409. The highest BCUT2D eigenvalue weighted by Crippen LogP contribution is 2.40. The molecule has 0 fully saturated rings. The second kappa shape index (κ2) is 8.93. The predicted molar refractivity (Wildman–Crippen MR) is 117 cm³/mol. The van der Waals surface area contributed by atoms with Gasteiger partial charge in [0.2, 0.25) is 0 Å². The lowest BCUT2D eigenvalue weighted by molar-refractivity contribution is -0.139. The Morgan fingerprint density at radius 3 is 2.62 bits per heavy atom. The second-order valence-electron chi connectivity index (χ2n) is 8.40. The van der Waals surface area contributed by atoms with Crippen molar-refractivity contribution in [3.63, 3.8) is 0 Å². The minimum Gasteiger partial charge on any atom is -0.493 e. The average molecular weight is 468 g/mol. The monoisotopic (exact) mass is 467 g/mol. The van der Waals surface area contributed by atoms with E-state index in [-0.39, 0.29) is 18.3 Å². The maximum atomic E-state index is 13.8. The molecule has 3 aromatic rings. The van der Waals surface area contributed by atoms with Gasteiger partial charge in [-0.1, -0.05) is 6.92 Å². The number of ether oxygens (including phenoxy) is 1. The molecular weight excluding hydrogens is 443 g/mol. The van der Waals surface area contributed by atoms with Crippen molar-refractivity contribution in [2.75, 3.05) is 6.61 Å². The highest BCUT2D eigenvalue weighted by atomic mass is 32.1. The van der Waals surface area contributed by atoms with E-state index in [4.69, 9.17) is 9.84 Å². The molecule has 32 heavy (non-hydrogen) atoms. The Hall–Kier alpha value is -2.88. The van der Waals surface area contributed by atoms with Crippen molar-refractivity contribution < 1.29 is 27.8 Å². The molecule has 2 N–H and O–H groups in total. The third-order valence-electron chi connectivity index (χ3n) is 4.82. The standard InChI is InChI=1S/C22H24F3N3O3S/c1-12(10-21(3,4)28-20(29)30)11-31-17-6-5-14(9-16(17)22(23,24)25)18-15-7-8-32-19(15)27-13(2)26-18/h5-9,12,28H,10-11H2,1-4H3,(H,29,30)/t12-/m0/s1. The van der Waals surface area contributed by atoms with Gasteiger partial charge in [0, 0.05) is 16.5 Å². The van der Waals surface area contributed by atoms with E-state index in [1.807, 2.05) is 5.38 Å². The number of halogens is 3. The molecule has 3 rings (SSSR count). The van der Waals surface area contributed by atoms with E-state index in [2.05, 4.69) is 15.3 Å². The van der Waals surface area contributed by atoms with E-state index in [0.29, 0.717) is 33.7 Å². The van der Waals surface area contributed by atoms with Crippen LogP contribution in [0.1, 0.15) is 38.6 Å². The lowest BCUT2D eigenvalue weighted by atomic mass is 9.92. The molecule has 6 nitrogen and oxygen atoms in total. The summed E-state index contributed by atoms with van der Waals surface area (Å²) in [5.74, 6) is 0.0206. The van der Waals surface area contributed by atoms with Gasteiger partial charge >= 0.3 is 12.3 Å². The van der Waals surface area contributed by atoms with Crippen molar-refractivity contribution in [2.24, 2.45) is 5.92 Å². The van der Waals surface area contributed by atoms with Gasteiger partial charge in [-0.3, -0.25) is 0 Å². The van der Waals surface area contributed by atoms with E-state index < -0.39 is 23.4 Å². The first-order valence-electron chi connectivity index (χ1n) is 9.93. The molecule has 1 aromatic carbocycles. The predicted octanol–water partition coefficient (Wildman–Crippen LogP) is 6.14. The summed E-state index contributed by atoms with van der Waals surface area (Å²) in [6.07, 6.45) is -5.37. The smallest absolute Gasteiger partial charge is 0.419 e. The van der Waals surface area contributed by atoms with Crippen molar-refractivity contribution in [3.8, 4) is 17.0 Å². The van der Waals surface area contributed by atoms with Gasteiger partial charge in [0.15, 0.2) is 0 Å². The van der Waals surface area contributed by atoms with E-state index in [1.54, 1.807) is 39.8 Å². The van der Waals surface area contributed by atoms with Gasteiger partial charge in [-0.05, 0) is 62.8 Å². The number of carbonyl (C=O) groups is 1. The number of fused-ring (bicyclic) bond motifs is 1. The Labute approximate surface area is 187 Å². The molecule has 0 radical (unpaired) electrons. The van der Waals surface area contributed by atoms with Crippen molar-refractivity contribution in [2.45, 2.75) is 45.8 Å². The van der Waals surface area contributed by atoms with Gasteiger partial charge in [-0.15, -0.1) is 11.3 Å². The van der Waals surface area contributed by atoms with Crippen molar-refractivity contribution in [3.05, 3.63) is 41.0 Å². The summed E-state index contributed by atoms with van der Waals surface area (Å²) in [7, 11) is 0. The van der Waals surface area contributed by atoms with Crippen molar-refractivity contribution in [1.29, 1.82) is 0 Å². The highest BCUT2D eigenvalue weighted by molar-refractivity contribution is 7.16. The third-order valence-corrected chi connectivity index (χ3v) is 5.63. The molecule has 0 aliphatic carbocycles. The Morgan fingerprint density at radius 2 is 1.97 bits per heavy atom. The van der Waals surface area contributed by atoms with Crippen LogP contribution in [0.3, 0.4) is 0 Å². The minimum absolute atomic E-state index is 0.00848. The zero-order chi connectivity index (χ0) is 23.7. The van der Waals surface area contributed by atoms with Crippen LogP contribution in [0.2, 0.25) is 0 Å². The van der Waals surface area contributed by atoms with Gasteiger partial charge in [0.1, 0.15) is 16.4 Å². The van der Waals surface area contributed by atoms with Crippen LogP contribution in [-0.4, -0.2) is 33.3 Å². The first-order chi connectivity index (χ1) is 14.9. The van der Waals surface area contributed by atoms with Crippen molar-refractivity contribution >= 4 is 27.6 Å². The Kier molecular flexibility index (Phi) is 6.64. The summed E-state index contributed by atoms with van der Waals surface area (Å²) < 4.78 is 47.0. The molecule has 0 bridgehead atoms. The third kappa shape index (κ3) is 5.67. The quantitative estimate of drug-likeness (QED) is 0.436. The van der Waals surface area contributed by atoms with Crippen LogP contribution in [-0.2, 0) is 6.18 Å². The van der Waals surface area contributed by atoms with Gasteiger partial charge in [0.25, 0.3) is 0 Å². The summed E-state index contributed by atoms with van der Waals surface area (Å²) in [5, 5.41) is 13.8. The number of alkyl halides is 3. The molecule has 172 valence electrons. The molecule has 10 heteroatoms. The zero-order valence-corrected chi connectivity index (χ0v) is 18.9. The van der Waals surface area contributed by atoms with Crippen LogP contribution >= 0.6 is 11.3 Å². The molecule has 0 unspecified atom stereocenters. The number of carboxylic acid groups (broad SMARTS) is 1. The van der Waals surface area contributed by atoms with Crippen LogP contribution in [0.25, 0.3) is 21.5 Å². The average Bonchev–Trinajstić information content (AvgIpc) is 3.11. The number of benzene rings is 1. The van der Waals surface area contributed by atoms with Crippen LogP contribution in [0.5, 0.6) is 5.75 Å². The van der Waals surface area contributed by atoms with Gasteiger partial charge in [0.05, 0.1) is 17.9 Å². The number of rotatable bonds is 7. The number of aromatic nitrogens is 2. The number of nitrogens with zero attached hydrogens (tertiary/aromatic N) is 2. The zero-order valence-electron chi connectivity index (χ0n) is 18.1. The number of hydrogen-bond donors (Lipinski definition) is 2. The fourth-order valence-corrected chi connectivity index (χ4v) is 4.52. The van der Waals surface area contributed by atoms with Gasteiger partial charge < -0.3 is 15.2 Å². The largest absolute Gasteiger partial charge is 0.493 e. The molecule has 2 heterocycles. The summed E-state index contributed by atoms with van der Waals surface area (Å²) in [6.45, 7) is 6.93. The maximum absolute atomic E-state index is 13.8. The summed E-state index contributed by atoms with van der Waals surface area (Å²) >= 11 is 1.40. The molecule has 1 amide bonds. The highest BCUT2D eigenvalue weighted by Gasteiger charge is 2.35. The topological polar surface area (TPSA) is 84.3 Å². The number of hydrogen-bond acceptors (Lipinski definition) is 5. The van der Waals surface area contributed by atoms with E-state index >= 15 is 0 Å². The first kappa shape index (κ1) is 23.8. The molecule has 0 aliphatic rings. The Morgan fingerprint density at radius 1 is 1.25 bits per heavy atom.